The average Bonchev–Trinajstić information content (AvgIpc) is 2.88. The van der Waals surface area contributed by atoms with Crippen molar-refractivity contribution in [3.05, 3.63) is 28.2 Å². The normalized spacial score (nSPS) is 15.7. The molecule has 3 rings (SSSR count). The Morgan fingerprint density at radius 3 is 2.68 bits per heavy atom. The summed E-state index contributed by atoms with van der Waals surface area (Å²) in [6, 6.07) is 7.81. The Balaban J connectivity index is 1.67. The summed E-state index contributed by atoms with van der Waals surface area (Å²) in [5.74, 6) is 0.845. The van der Waals surface area contributed by atoms with Crippen molar-refractivity contribution in [2.75, 3.05) is 25.5 Å². The second-order valence-electron chi connectivity index (χ2n) is 5.49. The maximum Gasteiger partial charge on any atom is 0.209 e. The molecule has 7 heteroatoms. The van der Waals surface area contributed by atoms with Gasteiger partial charge in [-0.1, -0.05) is 11.3 Å². The molecule has 0 atom stereocenters. The maximum absolute atomic E-state index is 5.44. The largest absolute Gasteiger partial charge is 0.497 e. The molecular weight excluding hydrogens is 316 g/mol. The van der Waals surface area contributed by atoms with Crippen LogP contribution in [0.15, 0.2) is 24.3 Å². The van der Waals surface area contributed by atoms with Crippen LogP contribution in [0.4, 0.5) is 10.8 Å². The zero-order valence-corrected chi connectivity index (χ0v) is 14.3. The van der Waals surface area contributed by atoms with Crippen molar-refractivity contribution in [3.63, 3.8) is 0 Å². The van der Waals surface area contributed by atoms with Gasteiger partial charge >= 0.3 is 0 Å². The van der Waals surface area contributed by atoms with Gasteiger partial charge in [-0.05, 0) is 55.7 Å². The van der Waals surface area contributed by atoms with Gasteiger partial charge in [-0.2, -0.15) is 4.68 Å². The highest BCUT2D eigenvalue weighted by Gasteiger charge is 2.15. The molecule has 22 heavy (non-hydrogen) atoms. The molecule has 0 spiro atoms. The van der Waals surface area contributed by atoms with E-state index in [2.05, 4.69) is 10.4 Å². The summed E-state index contributed by atoms with van der Waals surface area (Å²) in [5, 5.41) is 8.76. The van der Waals surface area contributed by atoms with Gasteiger partial charge < -0.3 is 15.0 Å². The molecule has 1 aromatic carbocycles. The standard InChI is InChI=1S/C15H20N4OS2/c1-20-13-7-5-12(6-8-13)16-14-17-19(15(21)22-14)11-18-9-3-2-4-10-18/h5-8H,2-4,9-11H2,1H3,(H,16,17)/p+1. The van der Waals surface area contributed by atoms with Crippen LogP contribution in [0.3, 0.4) is 0 Å². The first-order valence-electron chi connectivity index (χ1n) is 7.57. The Labute approximate surface area is 139 Å². The number of rotatable bonds is 5. The van der Waals surface area contributed by atoms with E-state index in [0.717, 1.165) is 27.2 Å². The van der Waals surface area contributed by atoms with Crippen molar-refractivity contribution in [1.82, 2.24) is 9.78 Å². The van der Waals surface area contributed by atoms with Crippen LogP contribution in [0.2, 0.25) is 0 Å². The molecule has 0 aliphatic carbocycles. The molecule has 2 aromatic rings. The second kappa shape index (κ2) is 7.21. The first kappa shape index (κ1) is 15.5. The van der Waals surface area contributed by atoms with Gasteiger partial charge in [-0.15, -0.1) is 5.10 Å². The number of methoxy groups -OCH3 is 1. The van der Waals surface area contributed by atoms with Crippen LogP contribution in [-0.2, 0) is 6.67 Å². The number of hydrogen-bond donors (Lipinski definition) is 2. The van der Waals surface area contributed by atoms with Crippen molar-refractivity contribution < 1.29 is 9.64 Å². The molecule has 2 N–H and O–H groups in total. The van der Waals surface area contributed by atoms with Crippen molar-refractivity contribution in [3.8, 4) is 5.75 Å². The number of nitrogens with zero attached hydrogens (tertiary/aromatic N) is 2. The highest BCUT2D eigenvalue weighted by atomic mass is 32.1. The molecule has 1 aromatic heterocycles. The molecule has 0 bridgehead atoms. The Bertz CT molecular complexity index is 659. The van der Waals surface area contributed by atoms with E-state index in [-0.39, 0.29) is 0 Å². The lowest BCUT2D eigenvalue weighted by Crippen LogP contribution is -3.12. The van der Waals surface area contributed by atoms with Crippen molar-refractivity contribution >= 4 is 34.4 Å². The van der Waals surface area contributed by atoms with Gasteiger partial charge in [0.1, 0.15) is 5.75 Å². The smallest absolute Gasteiger partial charge is 0.209 e. The molecule has 1 aliphatic rings. The van der Waals surface area contributed by atoms with Crippen LogP contribution in [0, 0.1) is 3.95 Å². The van der Waals surface area contributed by atoms with Crippen molar-refractivity contribution in [2.24, 2.45) is 0 Å². The maximum atomic E-state index is 5.44. The fraction of sp³-hybridized carbons (Fsp3) is 0.467. The molecule has 0 saturated carbocycles. The number of benzene rings is 1. The van der Waals surface area contributed by atoms with Gasteiger partial charge in [-0.25, -0.2) is 0 Å². The Morgan fingerprint density at radius 1 is 1.27 bits per heavy atom. The fourth-order valence-electron chi connectivity index (χ4n) is 2.68. The number of likely N-dealkylation sites (tertiary alicyclic amines) is 1. The summed E-state index contributed by atoms with van der Waals surface area (Å²) in [4.78, 5) is 1.57. The molecule has 1 fully saturated rings. The topological polar surface area (TPSA) is 43.5 Å². The SMILES string of the molecule is COc1ccc(Nc2nn(C[NH+]3CCCCC3)c(=S)s2)cc1. The summed E-state index contributed by atoms with van der Waals surface area (Å²) < 4.78 is 7.94. The van der Waals surface area contributed by atoms with E-state index in [9.17, 15) is 0 Å². The van der Waals surface area contributed by atoms with Gasteiger partial charge in [0.25, 0.3) is 0 Å². The number of ether oxygens (including phenoxy) is 1. The zero-order chi connectivity index (χ0) is 15.4. The van der Waals surface area contributed by atoms with Crippen LogP contribution < -0.4 is 15.0 Å². The summed E-state index contributed by atoms with van der Waals surface area (Å²) in [6.45, 7) is 3.32. The summed E-state index contributed by atoms with van der Waals surface area (Å²) in [5.41, 5.74) is 0.988. The van der Waals surface area contributed by atoms with E-state index in [0.29, 0.717) is 0 Å². The first-order valence-corrected chi connectivity index (χ1v) is 8.79. The summed E-state index contributed by atoms with van der Waals surface area (Å²) in [7, 11) is 1.67. The zero-order valence-electron chi connectivity index (χ0n) is 12.7. The van der Waals surface area contributed by atoms with E-state index >= 15 is 0 Å². The van der Waals surface area contributed by atoms with E-state index in [1.54, 1.807) is 12.0 Å². The lowest BCUT2D eigenvalue weighted by Gasteiger charge is -2.22. The third-order valence-electron chi connectivity index (χ3n) is 3.88. The molecule has 118 valence electrons. The van der Waals surface area contributed by atoms with E-state index in [1.165, 1.54) is 43.7 Å². The number of anilines is 2. The number of quaternary nitrogens is 1. The molecule has 0 amide bonds. The molecule has 0 unspecified atom stereocenters. The van der Waals surface area contributed by atoms with Crippen LogP contribution in [0.25, 0.3) is 0 Å². The molecule has 1 aliphatic heterocycles. The number of nitrogens with one attached hydrogen (secondary N) is 2. The van der Waals surface area contributed by atoms with Gasteiger partial charge in [0, 0.05) is 5.69 Å². The third kappa shape index (κ3) is 3.85. The van der Waals surface area contributed by atoms with Crippen LogP contribution >= 0.6 is 23.6 Å². The minimum Gasteiger partial charge on any atom is -0.497 e. The predicted molar refractivity (Wildman–Crippen MR) is 91.8 cm³/mol. The fourth-order valence-corrected chi connectivity index (χ4v) is 3.70. The molecule has 1 saturated heterocycles. The number of piperidine rings is 1. The van der Waals surface area contributed by atoms with Crippen molar-refractivity contribution in [1.29, 1.82) is 0 Å². The van der Waals surface area contributed by atoms with Crippen molar-refractivity contribution in [2.45, 2.75) is 25.9 Å². The second-order valence-corrected chi connectivity index (χ2v) is 7.12. The van der Waals surface area contributed by atoms with Gasteiger partial charge in [-0.3, -0.25) is 0 Å². The molecular formula is C15H21N4OS2+. The summed E-state index contributed by atoms with van der Waals surface area (Å²) >= 11 is 6.96. The number of aromatic nitrogens is 2. The summed E-state index contributed by atoms with van der Waals surface area (Å²) in [6.07, 6.45) is 3.98. The van der Waals surface area contributed by atoms with E-state index < -0.39 is 0 Å². The minimum absolute atomic E-state index is 0.828. The van der Waals surface area contributed by atoms with Gasteiger partial charge in [0.05, 0.1) is 20.2 Å². The highest BCUT2D eigenvalue weighted by Crippen LogP contribution is 2.22. The average molecular weight is 337 g/mol. The Hall–Kier alpha value is -1.44. The minimum atomic E-state index is 0.828. The lowest BCUT2D eigenvalue weighted by molar-refractivity contribution is -0.928. The molecule has 2 heterocycles. The Kier molecular flexibility index (Phi) is 5.07. The number of hydrogen-bond acceptors (Lipinski definition) is 5. The van der Waals surface area contributed by atoms with Crippen LogP contribution in [0.1, 0.15) is 19.3 Å². The monoisotopic (exact) mass is 337 g/mol. The predicted octanol–water partition coefficient (Wildman–Crippen LogP) is 2.45. The quantitative estimate of drug-likeness (QED) is 0.823. The van der Waals surface area contributed by atoms with Gasteiger partial charge in [0.2, 0.25) is 5.13 Å². The molecule has 5 nitrogen and oxygen atoms in total. The van der Waals surface area contributed by atoms with E-state index in [4.69, 9.17) is 17.0 Å². The lowest BCUT2D eigenvalue weighted by atomic mass is 10.1. The van der Waals surface area contributed by atoms with Gasteiger partial charge in [0.15, 0.2) is 10.6 Å². The highest BCUT2D eigenvalue weighted by molar-refractivity contribution is 7.73. The van der Waals surface area contributed by atoms with Crippen LogP contribution in [-0.4, -0.2) is 30.0 Å². The third-order valence-corrected chi connectivity index (χ3v) is 5.10. The van der Waals surface area contributed by atoms with Crippen LogP contribution in [0.5, 0.6) is 5.75 Å². The first-order chi connectivity index (χ1) is 10.7. The Morgan fingerprint density at radius 2 is 2.00 bits per heavy atom. The van der Waals surface area contributed by atoms with E-state index in [1.807, 2.05) is 28.9 Å². The molecule has 0 radical (unpaired) electrons.